The number of carbonyl (C=O) groups is 3. The number of benzene rings is 2. The molecule has 4 atom stereocenters. The van der Waals surface area contributed by atoms with Crippen molar-refractivity contribution in [2.45, 2.75) is 51.3 Å². The van der Waals surface area contributed by atoms with E-state index in [9.17, 15) is 19.5 Å². The average molecular weight is 469 g/mol. The summed E-state index contributed by atoms with van der Waals surface area (Å²) >= 11 is 0. The van der Waals surface area contributed by atoms with E-state index in [-0.39, 0.29) is 18.4 Å². The number of nitrogens with one attached hydrogen (secondary N) is 2. The summed E-state index contributed by atoms with van der Waals surface area (Å²) in [5.74, 6) is -2.18. The van der Waals surface area contributed by atoms with Gasteiger partial charge in [0.2, 0.25) is 5.91 Å². The zero-order chi connectivity index (χ0) is 24.8. The number of carboxylic acid groups (broad SMARTS) is 1. The van der Waals surface area contributed by atoms with E-state index in [2.05, 4.69) is 10.6 Å². The lowest BCUT2D eigenvalue weighted by atomic mass is 9.98. The molecule has 3 rings (SSSR count). The first-order chi connectivity index (χ1) is 16.3. The second kappa shape index (κ2) is 11.2. The van der Waals surface area contributed by atoms with Crippen molar-refractivity contribution in [1.29, 1.82) is 0 Å². The summed E-state index contributed by atoms with van der Waals surface area (Å²) in [7, 11) is 1.41. The number of ether oxygens (including phenoxy) is 2. The molecule has 0 bridgehead atoms. The van der Waals surface area contributed by atoms with Gasteiger partial charge < -0.3 is 25.2 Å². The van der Waals surface area contributed by atoms with Gasteiger partial charge in [-0.15, -0.1) is 0 Å². The summed E-state index contributed by atoms with van der Waals surface area (Å²) in [6.45, 7) is 5.30. The van der Waals surface area contributed by atoms with Crippen LogP contribution in [0.15, 0.2) is 48.5 Å². The fourth-order valence-corrected chi connectivity index (χ4v) is 4.23. The van der Waals surface area contributed by atoms with Gasteiger partial charge in [0.1, 0.15) is 18.7 Å². The second-order valence-corrected chi connectivity index (χ2v) is 8.60. The Hall–Kier alpha value is -3.39. The Morgan fingerprint density at radius 2 is 1.50 bits per heavy atom. The number of hydrogen-bond donors (Lipinski definition) is 3. The van der Waals surface area contributed by atoms with Gasteiger partial charge in [-0.1, -0.05) is 68.8 Å². The third-order valence-electron chi connectivity index (χ3n) is 6.52. The highest BCUT2D eigenvalue weighted by atomic mass is 16.5. The van der Waals surface area contributed by atoms with E-state index in [1.54, 1.807) is 13.8 Å². The van der Waals surface area contributed by atoms with E-state index in [1.807, 2.05) is 55.5 Å². The topological polar surface area (TPSA) is 114 Å². The lowest BCUT2D eigenvalue weighted by molar-refractivity contribution is -0.144. The Bertz CT molecular complexity index is 994. The Kier molecular flexibility index (Phi) is 8.28. The van der Waals surface area contributed by atoms with Crippen LogP contribution < -0.4 is 10.6 Å². The van der Waals surface area contributed by atoms with Crippen molar-refractivity contribution >= 4 is 18.0 Å². The van der Waals surface area contributed by atoms with Crippen molar-refractivity contribution in [3.63, 3.8) is 0 Å². The number of alkyl carbamates (subject to hydrolysis) is 1. The largest absolute Gasteiger partial charge is 0.480 e. The van der Waals surface area contributed by atoms with Crippen LogP contribution in [0.2, 0.25) is 0 Å². The Morgan fingerprint density at radius 3 is 2.00 bits per heavy atom. The number of fused-ring (bicyclic) bond motifs is 3. The molecule has 0 radical (unpaired) electrons. The van der Waals surface area contributed by atoms with Crippen LogP contribution in [0.3, 0.4) is 0 Å². The van der Waals surface area contributed by atoms with E-state index < -0.39 is 36.2 Å². The number of carbonyl (C=O) groups excluding carboxylic acids is 2. The fourth-order valence-electron chi connectivity index (χ4n) is 4.23. The van der Waals surface area contributed by atoms with Crippen molar-refractivity contribution in [2.75, 3.05) is 13.7 Å². The average Bonchev–Trinajstić information content (AvgIpc) is 3.17. The van der Waals surface area contributed by atoms with Crippen LogP contribution in [-0.4, -0.2) is 55.0 Å². The minimum Gasteiger partial charge on any atom is -0.480 e. The third-order valence-corrected chi connectivity index (χ3v) is 6.52. The minimum atomic E-state index is -1.13. The zero-order valence-electron chi connectivity index (χ0n) is 19.9. The molecule has 0 fully saturated rings. The van der Waals surface area contributed by atoms with Crippen LogP contribution >= 0.6 is 0 Å². The number of aliphatic carboxylic acids is 1. The predicted octanol–water partition coefficient (Wildman–Crippen LogP) is 3.54. The van der Waals surface area contributed by atoms with Gasteiger partial charge in [-0.3, -0.25) is 4.79 Å². The van der Waals surface area contributed by atoms with Crippen LogP contribution in [0.4, 0.5) is 4.79 Å². The van der Waals surface area contributed by atoms with Crippen LogP contribution in [-0.2, 0) is 19.1 Å². The molecule has 0 aromatic heterocycles. The summed E-state index contributed by atoms with van der Waals surface area (Å²) in [5.41, 5.74) is 4.38. The highest BCUT2D eigenvalue weighted by molar-refractivity contribution is 5.90. The fraction of sp³-hybridized carbons (Fsp3) is 0.423. The molecule has 1 aliphatic carbocycles. The summed E-state index contributed by atoms with van der Waals surface area (Å²) in [6, 6.07) is 13.8. The third kappa shape index (κ3) is 5.39. The lowest BCUT2D eigenvalue weighted by Gasteiger charge is -2.27. The van der Waals surface area contributed by atoms with Gasteiger partial charge in [-0.2, -0.15) is 0 Å². The van der Waals surface area contributed by atoms with Gasteiger partial charge in [0.25, 0.3) is 0 Å². The molecule has 2 aromatic carbocycles. The van der Waals surface area contributed by atoms with Crippen LogP contribution in [0.1, 0.15) is 44.2 Å². The van der Waals surface area contributed by atoms with E-state index in [1.165, 1.54) is 7.11 Å². The molecular formula is C26H32N2O6. The maximum Gasteiger partial charge on any atom is 0.407 e. The Labute approximate surface area is 199 Å². The van der Waals surface area contributed by atoms with Gasteiger partial charge in [0, 0.05) is 13.0 Å². The van der Waals surface area contributed by atoms with Crippen molar-refractivity contribution in [1.82, 2.24) is 10.6 Å². The van der Waals surface area contributed by atoms with E-state index >= 15 is 0 Å². The Balaban J connectivity index is 1.69. The highest BCUT2D eigenvalue weighted by Crippen LogP contribution is 2.44. The van der Waals surface area contributed by atoms with Gasteiger partial charge in [-0.25, -0.2) is 9.59 Å². The molecule has 8 nitrogen and oxygen atoms in total. The molecule has 0 heterocycles. The maximum absolute atomic E-state index is 12.9. The first-order valence-electron chi connectivity index (χ1n) is 11.5. The Morgan fingerprint density at radius 1 is 0.941 bits per heavy atom. The molecule has 3 N–H and O–H groups in total. The summed E-state index contributed by atoms with van der Waals surface area (Å²) < 4.78 is 10.8. The predicted molar refractivity (Wildman–Crippen MR) is 127 cm³/mol. The minimum absolute atomic E-state index is 0.0974. The molecule has 182 valence electrons. The summed E-state index contributed by atoms with van der Waals surface area (Å²) in [5, 5.41) is 14.6. The van der Waals surface area contributed by atoms with Crippen molar-refractivity contribution in [2.24, 2.45) is 5.92 Å². The highest BCUT2D eigenvalue weighted by Gasteiger charge is 2.34. The molecule has 1 unspecified atom stereocenters. The second-order valence-electron chi connectivity index (χ2n) is 8.60. The quantitative estimate of drug-likeness (QED) is 0.491. The first-order valence-corrected chi connectivity index (χ1v) is 11.5. The van der Waals surface area contributed by atoms with Gasteiger partial charge in [-0.05, 0) is 35.1 Å². The summed E-state index contributed by atoms with van der Waals surface area (Å²) in [4.78, 5) is 37.2. The molecule has 8 heteroatoms. The standard InChI is InChI=1S/C26H32N2O6/c1-5-15(2)22(25(30)31)27-24(29)23(16(3)33-4)28-26(32)34-14-21-19-12-8-6-10-17(19)18-11-7-9-13-20(18)21/h6-13,15-16,21-23H,5,14H2,1-4H3,(H,27,29)(H,28,32)(H,30,31)/t15?,16-,22+,23+/m1/s1. The SMILES string of the molecule is CCC(C)[C@H](NC(=O)[C@@H](NC(=O)OCC1c2ccccc2-c2ccccc21)[C@@H](C)OC)C(=O)O. The molecule has 0 spiro atoms. The van der Waals surface area contributed by atoms with E-state index in [4.69, 9.17) is 9.47 Å². The summed E-state index contributed by atoms with van der Waals surface area (Å²) in [6.07, 6.45) is -0.908. The molecule has 0 saturated carbocycles. The lowest BCUT2D eigenvalue weighted by Crippen LogP contribution is -2.57. The van der Waals surface area contributed by atoms with Crippen molar-refractivity contribution in [3.05, 3.63) is 59.7 Å². The van der Waals surface area contributed by atoms with Crippen LogP contribution in [0.25, 0.3) is 11.1 Å². The van der Waals surface area contributed by atoms with Crippen molar-refractivity contribution in [3.8, 4) is 11.1 Å². The number of amides is 2. The monoisotopic (exact) mass is 468 g/mol. The van der Waals surface area contributed by atoms with Gasteiger partial charge in [0.05, 0.1) is 6.10 Å². The van der Waals surface area contributed by atoms with E-state index in [0.717, 1.165) is 22.3 Å². The number of hydrogen-bond acceptors (Lipinski definition) is 5. The molecule has 1 aliphatic rings. The zero-order valence-corrected chi connectivity index (χ0v) is 19.9. The molecular weight excluding hydrogens is 436 g/mol. The van der Waals surface area contributed by atoms with Crippen LogP contribution in [0.5, 0.6) is 0 Å². The number of rotatable bonds is 10. The molecule has 0 aliphatic heterocycles. The van der Waals surface area contributed by atoms with Gasteiger partial charge >= 0.3 is 12.1 Å². The molecule has 2 amide bonds. The smallest absolute Gasteiger partial charge is 0.407 e. The van der Waals surface area contributed by atoms with Crippen LogP contribution in [0, 0.1) is 5.92 Å². The van der Waals surface area contributed by atoms with Crippen molar-refractivity contribution < 1.29 is 29.0 Å². The number of carboxylic acids is 1. The molecule has 2 aromatic rings. The first kappa shape index (κ1) is 25.2. The number of methoxy groups -OCH3 is 1. The molecule has 34 heavy (non-hydrogen) atoms. The molecule has 0 saturated heterocycles. The normalized spacial score (nSPS) is 15.9. The maximum atomic E-state index is 12.9. The van der Waals surface area contributed by atoms with Gasteiger partial charge in [0.15, 0.2) is 0 Å². The van der Waals surface area contributed by atoms with E-state index in [0.29, 0.717) is 6.42 Å².